The van der Waals surface area contributed by atoms with Crippen LogP contribution in [0.15, 0.2) is 30.5 Å². The second kappa shape index (κ2) is 6.12. The minimum Gasteiger partial charge on any atom is -0.377 e. The molecule has 1 aromatic rings. The Morgan fingerprint density at radius 1 is 1.45 bits per heavy atom. The molecule has 0 aliphatic carbocycles. The van der Waals surface area contributed by atoms with Gasteiger partial charge >= 0.3 is 6.18 Å². The van der Waals surface area contributed by atoms with Crippen molar-refractivity contribution < 1.29 is 13.2 Å². The van der Waals surface area contributed by atoms with Gasteiger partial charge in [0.05, 0.1) is 5.37 Å². The molecule has 1 N–H and O–H groups in total. The first-order valence-electron chi connectivity index (χ1n) is 6.55. The predicted octanol–water partition coefficient (Wildman–Crippen LogP) is 4.56. The molecule has 0 saturated heterocycles. The fourth-order valence-corrected chi connectivity index (χ4v) is 3.62. The van der Waals surface area contributed by atoms with Crippen molar-refractivity contribution in [2.45, 2.75) is 43.5 Å². The van der Waals surface area contributed by atoms with Crippen molar-refractivity contribution in [1.29, 1.82) is 0 Å². The summed E-state index contributed by atoms with van der Waals surface area (Å²) in [5.74, 6) is 0.895. The van der Waals surface area contributed by atoms with Crippen molar-refractivity contribution in [1.82, 2.24) is 5.32 Å². The molecular weight excluding hydrogens is 283 g/mol. The Hall–Kier alpha value is -1.10. The van der Waals surface area contributed by atoms with Gasteiger partial charge in [0.1, 0.15) is 0 Å². The number of hydrogen-bond acceptors (Lipinski definition) is 2. The highest BCUT2D eigenvalue weighted by molar-refractivity contribution is 7.99. The van der Waals surface area contributed by atoms with Crippen molar-refractivity contribution in [3.63, 3.8) is 0 Å². The number of benzene rings is 1. The molecule has 1 nitrogen and oxygen atoms in total. The highest BCUT2D eigenvalue weighted by atomic mass is 32.2. The maximum absolute atomic E-state index is 12.2. The quantitative estimate of drug-likeness (QED) is 0.875. The van der Waals surface area contributed by atoms with Crippen LogP contribution in [-0.4, -0.2) is 11.6 Å². The topological polar surface area (TPSA) is 12.0 Å². The van der Waals surface area contributed by atoms with Gasteiger partial charge in [0.25, 0.3) is 0 Å². The summed E-state index contributed by atoms with van der Waals surface area (Å²) in [4.78, 5) is 0. The van der Waals surface area contributed by atoms with Crippen LogP contribution in [0.3, 0.4) is 0 Å². The molecule has 5 heteroatoms. The molecule has 0 amide bonds. The van der Waals surface area contributed by atoms with Crippen LogP contribution in [0.25, 0.3) is 0 Å². The fraction of sp³-hybridized carbons (Fsp3) is 0.467. The van der Waals surface area contributed by atoms with Gasteiger partial charge in [-0.15, -0.1) is 11.8 Å². The van der Waals surface area contributed by atoms with E-state index in [1.165, 1.54) is 16.7 Å². The monoisotopic (exact) mass is 301 g/mol. The van der Waals surface area contributed by atoms with Crippen molar-refractivity contribution in [3.8, 4) is 0 Å². The summed E-state index contributed by atoms with van der Waals surface area (Å²) in [5, 5.41) is 3.24. The SMILES string of the molecule is C=C(CCC(F)(F)F)NC1Cc2cccc(C)c2CS1. The van der Waals surface area contributed by atoms with E-state index in [0.717, 1.165) is 12.2 Å². The van der Waals surface area contributed by atoms with Crippen LogP contribution >= 0.6 is 11.8 Å². The molecule has 0 spiro atoms. The molecule has 1 heterocycles. The Bertz CT molecular complexity index is 496. The van der Waals surface area contributed by atoms with E-state index in [-0.39, 0.29) is 11.8 Å². The van der Waals surface area contributed by atoms with Crippen molar-refractivity contribution in [2.75, 3.05) is 0 Å². The van der Waals surface area contributed by atoms with Gasteiger partial charge in [0.15, 0.2) is 0 Å². The smallest absolute Gasteiger partial charge is 0.377 e. The molecule has 1 atom stereocenters. The van der Waals surface area contributed by atoms with Crippen LogP contribution in [0, 0.1) is 6.92 Å². The van der Waals surface area contributed by atoms with Gasteiger partial charge in [-0.25, -0.2) is 0 Å². The first-order chi connectivity index (χ1) is 9.35. The molecule has 0 radical (unpaired) electrons. The summed E-state index contributed by atoms with van der Waals surface area (Å²) in [6.45, 7) is 5.79. The summed E-state index contributed by atoms with van der Waals surface area (Å²) in [6.07, 6.45) is -4.16. The maximum atomic E-state index is 12.2. The van der Waals surface area contributed by atoms with Gasteiger partial charge in [0, 0.05) is 24.3 Å². The van der Waals surface area contributed by atoms with E-state index < -0.39 is 12.6 Å². The van der Waals surface area contributed by atoms with E-state index in [0.29, 0.717) is 5.70 Å². The Balaban J connectivity index is 1.89. The minimum atomic E-state index is -4.12. The second-order valence-electron chi connectivity index (χ2n) is 5.08. The van der Waals surface area contributed by atoms with Crippen molar-refractivity contribution in [3.05, 3.63) is 47.2 Å². The van der Waals surface area contributed by atoms with Gasteiger partial charge in [-0.05, 0) is 30.0 Å². The molecule has 0 fully saturated rings. The van der Waals surface area contributed by atoms with E-state index >= 15 is 0 Å². The number of alkyl halides is 3. The maximum Gasteiger partial charge on any atom is 0.389 e. The molecule has 2 rings (SSSR count). The summed E-state index contributed by atoms with van der Waals surface area (Å²) in [7, 11) is 0. The average molecular weight is 301 g/mol. The molecule has 110 valence electrons. The number of nitrogens with one attached hydrogen (secondary N) is 1. The Morgan fingerprint density at radius 3 is 2.90 bits per heavy atom. The van der Waals surface area contributed by atoms with E-state index in [1.807, 2.05) is 6.07 Å². The van der Waals surface area contributed by atoms with Crippen LogP contribution in [0.1, 0.15) is 29.5 Å². The molecule has 1 aliphatic heterocycles. The van der Waals surface area contributed by atoms with Gasteiger partial charge in [-0.1, -0.05) is 24.8 Å². The van der Waals surface area contributed by atoms with Gasteiger partial charge < -0.3 is 5.32 Å². The Morgan fingerprint density at radius 2 is 2.20 bits per heavy atom. The van der Waals surface area contributed by atoms with Crippen LogP contribution in [0.2, 0.25) is 0 Å². The molecule has 1 unspecified atom stereocenters. The number of halogens is 3. The summed E-state index contributed by atoms with van der Waals surface area (Å²) in [5.41, 5.74) is 4.39. The van der Waals surface area contributed by atoms with E-state index in [2.05, 4.69) is 31.0 Å². The van der Waals surface area contributed by atoms with Crippen LogP contribution in [0.4, 0.5) is 13.2 Å². The van der Waals surface area contributed by atoms with E-state index in [1.54, 1.807) is 11.8 Å². The number of allylic oxidation sites excluding steroid dienone is 1. The first-order valence-corrected chi connectivity index (χ1v) is 7.60. The average Bonchev–Trinajstić information content (AvgIpc) is 2.36. The van der Waals surface area contributed by atoms with Crippen LogP contribution in [0.5, 0.6) is 0 Å². The standard InChI is InChI=1S/C15H18F3NS/c1-10-4-3-5-12-8-14(20-9-13(10)12)19-11(2)6-7-15(16,17)18/h3-5,14,19H,2,6-9H2,1H3. The summed E-state index contributed by atoms with van der Waals surface area (Å²) in [6, 6.07) is 6.21. The zero-order valence-electron chi connectivity index (χ0n) is 11.4. The lowest BCUT2D eigenvalue weighted by Crippen LogP contribution is -2.30. The number of thioether (sulfide) groups is 1. The van der Waals surface area contributed by atoms with E-state index in [9.17, 15) is 13.2 Å². The molecule has 1 aromatic carbocycles. The highest BCUT2D eigenvalue weighted by Crippen LogP contribution is 2.31. The zero-order chi connectivity index (χ0) is 14.8. The lowest BCUT2D eigenvalue weighted by atomic mass is 10.0. The molecular formula is C15H18F3NS. The van der Waals surface area contributed by atoms with Crippen molar-refractivity contribution >= 4 is 11.8 Å². The number of fused-ring (bicyclic) bond motifs is 1. The highest BCUT2D eigenvalue weighted by Gasteiger charge is 2.27. The molecule has 20 heavy (non-hydrogen) atoms. The van der Waals surface area contributed by atoms with Gasteiger partial charge in [-0.2, -0.15) is 13.2 Å². The van der Waals surface area contributed by atoms with E-state index in [4.69, 9.17) is 0 Å². The third-order valence-electron chi connectivity index (χ3n) is 3.42. The van der Waals surface area contributed by atoms with Gasteiger partial charge in [-0.3, -0.25) is 0 Å². The number of hydrogen-bond donors (Lipinski definition) is 1. The second-order valence-corrected chi connectivity index (χ2v) is 6.27. The third kappa shape index (κ3) is 4.20. The predicted molar refractivity (Wildman–Crippen MR) is 77.5 cm³/mol. The molecule has 0 bridgehead atoms. The van der Waals surface area contributed by atoms with Crippen LogP contribution < -0.4 is 5.32 Å². The minimum absolute atomic E-state index is 0.0543. The van der Waals surface area contributed by atoms with Gasteiger partial charge in [0.2, 0.25) is 0 Å². The summed E-state index contributed by atoms with van der Waals surface area (Å²) < 4.78 is 36.5. The van der Waals surface area contributed by atoms with Crippen LogP contribution in [-0.2, 0) is 12.2 Å². The lowest BCUT2D eigenvalue weighted by Gasteiger charge is -2.27. The number of rotatable bonds is 4. The van der Waals surface area contributed by atoms with Crippen molar-refractivity contribution in [2.24, 2.45) is 0 Å². The molecule has 0 aromatic heterocycles. The lowest BCUT2D eigenvalue weighted by molar-refractivity contribution is -0.134. The largest absolute Gasteiger partial charge is 0.389 e. The molecule has 0 saturated carbocycles. The Labute approximate surface area is 121 Å². The number of aryl methyl sites for hydroxylation is 1. The fourth-order valence-electron chi connectivity index (χ4n) is 2.29. The first kappa shape index (κ1) is 15.3. The molecule has 1 aliphatic rings. The summed E-state index contributed by atoms with van der Waals surface area (Å²) >= 11 is 1.73. The Kier molecular flexibility index (Phi) is 4.68. The normalized spacial score (nSPS) is 18.5. The third-order valence-corrected chi connectivity index (χ3v) is 4.56. The zero-order valence-corrected chi connectivity index (χ0v) is 12.2.